The van der Waals surface area contributed by atoms with E-state index in [0.29, 0.717) is 26.3 Å². The molecule has 0 bridgehead atoms. The summed E-state index contributed by atoms with van der Waals surface area (Å²) in [5.41, 5.74) is 1.75. The zero-order valence-corrected chi connectivity index (χ0v) is 15.0. The van der Waals surface area contributed by atoms with Gasteiger partial charge in [-0.15, -0.1) is 0 Å². The lowest BCUT2D eigenvalue weighted by Crippen LogP contribution is -2.30. The zero-order valence-electron chi connectivity index (χ0n) is 12.7. The molecule has 0 saturated heterocycles. The summed E-state index contributed by atoms with van der Waals surface area (Å²) in [5.74, 6) is -0.229. The Balaban J connectivity index is 1.93. The maximum Gasteiger partial charge on any atom is 0.238 e. The summed E-state index contributed by atoms with van der Waals surface area (Å²) in [6, 6.07) is 11.8. The highest BCUT2D eigenvalue weighted by atomic mass is 35.5. The fourth-order valence-corrected chi connectivity index (χ4v) is 2.89. The van der Waals surface area contributed by atoms with Gasteiger partial charge in [-0.2, -0.15) is 5.26 Å². The van der Waals surface area contributed by atoms with Gasteiger partial charge in [-0.25, -0.2) is 0 Å². The summed E-state index contributed by atoms with van der Waals surface area (Å²) in [7, 11) is 0. The third-order valence-electron chi connectivity index (χ3n) is 3.37. The van der Waals surface area contributed by atoms with E-state index >= 15 is 0 Å². The van der Waals surface area contributed by atoms with Crippen LogP contribution in [0.5, 0.6) is 0 Å². The first-order chi connectivity index (χ1) is 11.4. The van der Waals surface area contributed by atoms with Gasteiger partial charge in [0, 0.05) is 21.8 Å². The quantitative estimate of drug-likeness (QED) is 0.780. The van der Waals surface area contributed by atoms with Crippen LogP contribution in [0.4, 0.5) is 5.69 Å². The van der Waals surface area contributed by atoms with Crippen molar-refractivity contribution in [1.82, 2.24) is 5.32 Å². The molecule has 2 aromatic carbocycles. The third-order valence-corrected chi connectivity index (χ3v) is 4.25. The van der Waals surface area contributed by atoms with Crippen molar-refractivity contribution in [3.8, 4) is 6.07 Å². The topological polar surface area (TPSA) is 64.9 Å². The molecule has 124 valence electrons. The molecule has 0 aliphatic carbocycles. The van der Waals surface area contributed by atoms with Gasteiger partial charge in [-0.3, -0.25) is 4.79 Å². The van der Waals surface area contributed by atoms with Crippen molar-refractivity contribution < 1.29 is 4.79 Å². The standard InChI is InChI=1S/C17H14Cl3N3O/c1-10(14-5-3-12(18)6-16(14)20)22-9-17(24)23-13-4-2-11(8-21)15(19)7-13/h2-7,10,22H,9H2,1H3,(H,23,24)/t10-/m0/s1. The zero-order chi connectivity index (χ0) is 17.7. The Morgan fingerprint density at radius 2 is 1.92 bits per heavy atom. The van der Waals surface area contributed by atoms with Crippen LogP contribution in [-0.2, 0) is 4.79 Å². The normalized spacial score (nSPS) is 11.6. The van der Waals surface area contributed by atoms with Crippen molar-refractivity contribution >= 4 is 46.4 Å². The Bertz CT molecular complexity index is 802. The van der Waals surface area contributed by atoms with Gasteiger partial charge in [0.2, 0.25) is 5.91 Å². The Morgan fingerprint density at radius 1 is 1.17 bits per heavy atom. The van der Waals surface area contributed by atoms with Crippen LogP contribution in [0.2, 0.25) is 15.1 Å². The van der Waals surface area contributed by atoms with E-state index in [9.17, 15) is 4.79 Å². The van der Waals surface area contributed by atoms with Crippen LogP contribution >= 0.6 is 34.8 Å². The van der Waals surface area contributed by atoms with Gasteiger partial charge in [0.25, 0.3) is 0 Å². The molecule has 2 N–H and O–H groups in total. The highest BCUT2D eigenvalue weighted by Gasteiger charge is 2.12. The predicted octanol–water partition coefficient (Wildman–Crippen LogP) is 4.81. The maximum atomic E-state index is 12.0. The maximum absolute atomic E-state index is 12.0. The van der Waals surface area contributed by atoms with Crippen LogP contribution in [0.25, 0.3) is 0 Å². The van der Waals surface area contributed by atoms with Gasteiger partial charge in [0.15, 0.2) is 0 Å². The summed E-state index contributed by atoms with van der Waals surface area (Å²) in [4.78, 5) is 12.0. The number of nitrogens with one attached hydrogen (secondary N) is 2. The van der Waals surface area contributed by atoms with E-state index in [0.717, 1.165) is 5.56 Å². The smallest absolute Gasteiger partial charge is 0.238 e. The average Bonchev–Trinajstić information content (AvgIpc) is 2.53. The molecule has 0 spiro atoms. The van der Waals surface area contributed by atoms with Gasteiger partial charge in [0.1, 0.15) is 6.07 Å². The molecular formula is C17H14Cl3N3O. The molecule has 0 aliphatic rings. The largest absolute Gasteiger partial charge is 0.325 e. The number of hydrogen-bond acceptors (Lipinski definition) is 3. The van der Waals surface area contributed by atoms with Gasteiger partial charge in [0.05, 0.1) is 17.1 Å². The van der Waals surface area contributed by atoms with Crippen molar-refractivity contribution in [1.29, 1.82) is 5.26 Å². The van der Waals surface area contributed by atoms with Crippen LogP contribution < -0.4 is 10.6 Å². The molecule has 0 fully saturated rings. The van der Waals surface area contributed by atoms with Crippen LogP contribution in [0.3, 0.4) is 0 Å². The molecule has 2 aromatic rings. The number of amides is 1. The summed E-state index contributed by atoms with van der Waals surface area (Å²) in [5, 5.41) is 16.0. The minimum atomic E-state index is -0.229. The van der Waals surface area contributed by atoms with Gasteiger partial charge in [-0.1, -0.05) is 40.9 Å². The third kappa shape index (κ3) is 4.86. The van der Waals surface area contributed by atoms with Crippen molar-refractivity contribution in [2.45, 2.75) is 13.0 Å². The van der Waals surface area contributed by atoms with Crippen LogP contribution in [0.1, 0.15) is 24.1 Å². The molecule has 0 saturated carbocycles. The summed E-state index contributed by atoms with van der Waals surface area (Å²) >= 11 is 18.0. The van der Waals surface area contributed by atoms with Gasteiger partial charge >= 0.3 is 0 Å². The Hall–Kier alpha value is -1.77. The van der Waals surface area contributed by atoms with E-state index in [1.807, 2.05) is 19.1 Å². The van der Waals surface area contributed by atoms with E-state index in [1.54, 1.807) is 24.3 Å². The molecule has 1 amide bonds. The molecule has 1 atom stereocenters. The Kier molecular flexibility index (Phi) is 6.47. The van der Waals surface area contributed by atoms with Gasteiger partial charge in [-0.05, 0) is 42.8 Å². The second-order valence-electron chi connectivity index (χ2n) is 5.12. The number of carbonyl (C=O) groups is 1. The predicted molar refractivity (Wildman–Crippen MR) is 97.7 cm³/mol. The van der Waals surface area contributed by atoms with Crippen LogP contribution in [-0.4, -0.2) is 12.5 Å². The van der Waals surface area contributed by atoms with E-state index < -0.39 is 0 Å². The number of nitrogens with zero attached hydrogens (tertiary/aromatic N) is 1. The molecule has 24 heavy (non-hydrogen) atoms. The number of hydrogen-bond donors (Lipinski definition) is 2. The van der Waals surface area contributed by atoms with Crippen molar-refractivity contribution in [2.24, 2.45) is 0 Å². The average molecular weight is 383 g/mol. The number of rotatable bonds is 5. The first kappa shape index (κ1) is 18.6. The van der Waals surface area contributed by atoms with Crippen molar-refractivity contribution in [2.75, 3.05) is 11.9 Å². The number of benzene rings is 2. The molecule has 7 heteroatoms. The summed E-state index contributed by atoms with van der Waals surface area (Å²) < 4.78 is 0. The molecule has 0 radical (unpaired) electrons. The fourth-order valence-electron chi connectivity index (χ4n) is 2.10. The molecule has 0 aliphatic heterocycles. The first-order valence-corrected chi connectivity index (χ1v) is 8.22. The Labute approximate surface area is 155 Å². The van der Waals surface area contributed by atoms with E-state index in [1.165, 1.54) is 6.07 Å². The minimum Gasteiger partial charge on any atom is -0.325 e. The monoisotopic (exact) mass is 381 g/mol. The van der Waals surface area contributed by atoms with E-state index in [2.05, 4.69) is 10.6 Å². The molecule has 0 unspecified atom stereocenters. The number of halogens is 3. The van der Waals surface area contributed by atoms with Gasteiger partial charge < -0.3 is 10.6 Å². The SMILES string of the molecule is C[C@H](NCC(=O)Nc1ccc(C#N)c(Cl)c1)c1ccc(Cl)cc1Cl. The van der Waals surface area contributed by atoms with Crippen molar-refractivity contribution in [3.05, 3.63) is 62.6 Å². The van der Waals surface area contributed by atoms with E-state index in [-0.39, 0.29) is 18.5 Å². The van der Waals surface area contributed by atoms with Crippen LogP contribution in [0.15, 0.2) is 36.4 Å². The fraction of sp³-hybridized carbons (Fsp3) is 0.176. The first-order valence-electron chi connectivity index (χ1n) is 7.08. The number of anilines is 1. The summed E-state index contributed by atoms with van der Waals surface area (Å²) in [6.45, 7) is 2.00. The lowest BCUT2D eigenvalue weighted by atomic mass is 10.1. The number of nitriles is 1. The van der Waals surface area contributed by atoms with Crippen LogP contribution in [0, 0.1) is 11.3 Å². The number of carbonyl (C=O) groups excluding carboxylic acids is 1. The summed E-state index contributed by atoms with van der Waals surface area (Å²) in [6.07, 6.45) is 0. The second kappa shape index (κ2) is 8.36. The molecular weight excluding hydrogens is 369 g/mol. The van der Waals surface area contributed by atoms with Crippen molar-refractivity contribution in [3.63, 3.8) is 0 Å². The highest BCUT2D eigenvalue weighted by molar-refractivity contribution is 6.35. The highest BCUT2D eigenvalue weighted by Crippen LogP contribution is 2.26. The lowest BCUT2D eigenvalue weighted by Gasteiger charge is -2.16. The van der Waals surface area contributed by atoms with E-state index in [4.69, 9.17) is 40.1 Å². The Morgan fingerprint density at radius 3 is 2.54 bits per heavy atom. The lowest BCUT2D eigenvalue weighted by molar-refractivity contribution is -0.115. The second-order valence-corrected chi connectivity index (χ2v) is 6.37. The molecule has 0 heterocycles. The molecule has 0 aromatic heterocycles. The molecule has 2 rings (SSSR count). The minimum absolute atomic E-state index is 0.0950. The molecule has 4 nitrogen and oxygen atoms in total.